The molecule has 1 aromatic rings. The smallest absolute Gasteiger partial charge is 0.249 e. The zero-order valence-corrected chi connectivity index (χ0v) is 10.2. The Morgan fingerprint density at radius 3 is 2.94 bits per heavy atom. The van der Waals surface area contributed by atoms with Crippen molar-refractivity contribution in [1.82, 2.24) is 5.32 Å². The molecule has 1 saturated heterocycles. The summed E-state index contributed by atoms with van der Waals surface area (Å²) in [6.45, 7) is 1.90. The fourth-order valence-electron chi connectivity index (χ4n) is 2.08. The minimum atomic E-state index is -0.790. The van der Waals surface area contributed by atoms with Crippen LogP contribution in [0.3, 0.4) is 0 Å². The summed E-state index contributed by atoms with van der Waals surface area (Å²) >= 11 is 0. The molecule has 18 heavy (non-hydrogen) atoms. The topological polar surface area (TPSA) is 84.6 Å². The average Bonchev–Trinajstić information content (AvgIpc) is 2.77. The van der Waals surface area contributed by atoms with E-state index in [2.05, 4.69) is 5.32 Å². The molecule has 0 saturated carbocycles. The van der Waals surface area contributed by atoms with Crippen LogP contribution in [-0.4, -0.2) is 36.4 Å². The molecule has 1 amide bonds. The number of aliphatic hydroxyl groups is 1. The molecular weight excluding hydrogens is 232 g/mol. The first-order chi connectivity index (χ1) is 8.61. The summed E-state index contributed by atoms with van der Waals surface area (Å²) in [7, 11) is 0. The van der Waals surface area contributed by atoms with Crippen molar-refractivity contribution in [2.45, 2.75) is 18.6 Å². The van der Waals surface area contributed by atoms with Crippen LogP contribution in [0.25, 0.3) is 0 Å². The lowest BCUT2D eigenvalue weighted by atomic mass is 10.0. The maximum absolute atomic E-state index is 11.2. The van der Waals surface area contributed by atoms with Crippen LogP contribution in [0, 0.1) is 0 Å². The van der Waals surface area contributed by atoms with Crippen molar-refractivity contribution in [3.05, 3.63) is 35.4 Å². The predicted molar refractivity (Wildman–Crippen MR) is 67.1 cm³/mol. The highest BCUT2D eigenvalue weighted by Crippen LogP contribution is 2.17. The number of rotatable bonds is 5. The molecule has 98 valence electrons. The molecule has 0 aliphatic carbocycles. The van der Waals surface area contributed by atoms with Gasteiger partial charge in [0.2, 0.25) is 5.91 Å². The third kappa shape index (κ3) is 3.07. The van der Waals surface area contributed by atoms with E-state index in [1.54, 1.807) is 12.1 Å². The molecule has 4 N–H and O–H groups in total. The molecule has 1 aliphatic rings. The van der Waals surface area contributed by atoms with Crippen LogP contribution in [-0.2, 0) is 11.3 Å². The van der Waals surface area contributed by atoms with Gasteiger partial charge in [0.25, 0.3) is 0 Å². The fraction of sp³-hybridized carbons (Fsp3) is 0.462. The summed E-state index contributed by atoms with van der Waals surface area (Å²) < 4.78 is 5.16. The van der Waals surface area contributed by atoms with Gasteiger partial charge in [-0.05, 0) is 11.6 Å². The minimum absolute atomic E-state index is 0.359. The molecule has 2 rings (SSSR count). The SMILES string of the molecule is NC(=O)c1ccccc1CNCC1(O)CCOC1. The molecule has 5 nitrogen and oxygen atoms in total. The quantitative estimate of drug-likeness (QED) is 0.688. The molecule has 1 aliphatic heterocycles. The van der Waals surface area contributed by atoms with Crippen molar-refractivity contribution in [3.63, 3.8) is 0 Å². The number of benzene rings is 1. The van der Waals surface area contributed by atoms with E-state index < -0.39 is 11.5 Å². The Morgan fingerprint density at radius 2 is 2.28 bits per heavy atom. The first kappa shape index (κ1) is 13.0. The van der Waals surface area contributed by atoms with Gasteiger partial charge in [0.1, 0.15) is 5.60 Å². The summed E-state index contributed by atoms with van der Waals surface area (Å²) in [6.07, 6.45) is 0.636. The molecular formula is C13H18N2O3. The third-order valence-electron chi connectivity index (χ3n) is 3.13. The standard InChI is InChI=1S/C13H18N2O3/c14-12(16)11-4-2-1-3-10(11)7-15-8-13(17)5-6-18-9-13/h1-4,15,17H,5-9H2,(H2,14,16). The molecule has 1 aromatic carbocycles. The number of amides is 1. The molecule has 0 spiro atoms. The van der Waals surface area contributed by atoms with Crippen LogP contribution in [0.4, 0.5) is 0 Å². The van der Waals surface area contributed by atoms with Crippen molar-refractivity contribution in [3.8, 4) is 0 Å². The largest absolute Gasteiger partial charge is 0.386 e. The summed E-state index contributed by atoms with van der Waals surface area (Å²) in [5, 5.41) is 13.2. The lowest BCUT2D eigenvalue weighted by Crippen LogP contribution is -2.41. The zero-order chi connectivity index (χ0) is 13.0. The Hall–Kier alpha value is -1.43. The Bertz CT molecular complexity index is 428. The lowest BCUT2D eigenvalue weighted by Gasteiger charge is -2.21. The minimum Gasteiger partial charge on any atom is -0.386 e. The number of carbonyl (C=O) groups excluding carboxylic acids is 1. The van der Waals surface area contributed by atoms with Gasteiger partial charge in [0.15, 0.2) is 0 Å². The number of nitrogens with two attached hydrogens (primary N) is 1. The van der Waals surface area contributed by atoms with E-state index in [-0.39, 0.29) is 0 Å². The highest BCUT2D eigenvalue weighted by atomic mass is 16.5. The zero-order valence-electron chi connectivity index (χ0n) is 10.2. The van der Waals surface area contributed by atoms with Crippen LogP contribution in [0.2, 0.25) is 0 Å². The average molecular weight is 250 g/mol. The number of nitrogens with one attached hydrogen (secondary N) is 1. The third-order valence-corrected chi connectivity index (χ3v) is 3.13. The highest BCUT2D eigenvalue weighted by molar-refractivity contribution is 5.94. The van der Waals surface area contributed by atoms with E-state index in [1.165, 1.54) is 0 Å². The second kappa shape index (κ2) is 5.48. The molecule has 5 heteroatoms. The number of carbonyl (C=O) groups is 1. The molecule has 0 bridgehead atoms. The van der Waals surface area contributed by atoms with Crippen LogP contribution < -0.4 is 11.1 Å². The maximum Gasteiger partial charge on any atom is 0.249 e. The number of ether oxygens (including phenoxy) is 1. The summed E-state index contributed by atoms with van der Waals surface area (Å²) in [4.78, 5) is 11.2. The predicted octanol–water partition coefficient (Wildman–Crippen LogP) is 0.0265. The van der Waals surface area contributed by atoms with E-state index in [4.69, 9.17) is 10.5 Å². The molecule has 1 heterocycles. The van der Waals surface area contributed by atoms with E-state index >= 15 is 0 Å². The van der Waals surface area contributed by atoms with Gasteiger partial charge in [0, 0.05) is 31.7 Å². The van der Waals surface area contributed by atoms with E-state index in [9.17, 15) is 9.90 Å². The Balaban J connectivity index is 1.92. The second-order valence-corrected chi connectivity index (χ2v) is 4.65. The monoisotopic (exact) mass is 250 g/mol. The highest BCUT2D eigenvalue weighted by Gasteiger charge is 2.31. The second-order valence-electron chi connectivity index (χ2n) is 4.65. The van der Waals surface area contributed by atoms with Gasteiger partial charge in [0.05, 0.1) is 6.61 Å². The molecule has 1 unspecified atom stereocenters. The van der Waals surface area contributed by atoms with Crippen molar-refractivity contribution in [2.75, 3.05) is 19.8 Å². The fourth-order valence-corrected chi connectivity index (χ4v) is 2.08. The summed E-state index contributed by atoms with van der Waals surface area (Å²) in [5.41, 5.74) is 5.86. The first-order valence-corrected chi connectivity index (χ1v) is 5.99. The summed E-state index contributed by atoms with van der Waals surface area (Å²) in [6, 6.07) is 7.19. The van der Waals surface area contributed by atoms with E-state index in [0.29, 0.717) is 38.3 Å². The molecule has 1 fully saturated rings. The van der Waals surface area contributed by atoms with Crippen LogP contribution in [0.15, 0.2) is 24.3 Å². The van der Waals surface area contributed by atoms with Gasteiger partial charge in [-0.25, -0.2) is 0 Å². The van der Waals surface area contributed by atoms with Gasteiger partial charge in [-0.3, -0.25) is 4.79 Å². The first-order valence-electron chi connectivity index (χ1n) is 5.99. The Labute approximate surface area is 106 Å². The normalized spacial score (nSPS) is 23.2. The molecule has 0 radical (unpaired) electrons. The van der Waals surface area contributed by atoms with Crippen LogP contribution >= 0.6 is 0 Å². The van der Waals surface area contributed by atoms with Crippen molar-refractivity contribution < 1.29 is 14.6 Å². The van der Waals surface area contributed by atoms with E-state index in [1.807, 2.05) is 12.1 Å². The van der Waals surface area contributed by atoms with Crippen molar-refractivity contribution in [2.24, 2.45) is 5.73 Å². The number of hydrogen-bond donors (Lipinski definition) is 3. The van der Waals surface area contributed by atoms with Gasteiger partial charge in [-0.1, -0.05) is 18.2 Å². The molecule has 0 aromatic heterocycles. The van der Waals surface area contributed by atoms with Gasteiger partial charge in [-0.2, -0.15) is 0 Å². The Kier molecular flexibility index (Phi) is 3.96. The van der Waals surface area contributed by atoms with Crippen LogP contribution in [0.1, 0.15) is 22.3 Å². The number of hydrogen-bond acceptors (Lipinski definition) is 4. The summed E-state index contributed by atoms with van der Waals surface area (Å²) in [5.74, 6) is -0.435. The van der Waals surface area contributed by atoms with Gasteiger partial charge >= 0.3 is 0 Å². The van der Waals surface area contributed by atoms with Crippen molar-refractivity contribution >= 4 is 5.91 Å². The lowest BCUT2D eigenvalue weighted by molar-refractivity contribution is 0.0268. The number of primary amides is 1. The van der Waals surface area contributed by atoms with Crippen LogP contribution in [0.5, 0.6) is 0 Å². The van der Waals surface area contributed by atoms with Gasteiger partial charge < -0.3 is 20.9 Å². The van der Waals surface area contributed by atoms with E-state index in [0.717, 1.165) is 5.56 Å². The molecule has 1 atom stereocenters. The van der Waals surface area contributed by atoms with Crippen molar-refractivity contribution in [1.29, 1.82) is 0 Å². The maximum atomic E-state index is 11.2. The Morgan fingerprint density at radius 1 is 1.50 bits per heavy atom. The van der Waals surface area contributed by atoms with Gasteiger partial charge in [-0.15, -0.1) is 0 Å².